The zero-order valence-electron chi connectivity index (χ0n) is 13.5. The number of hydrogen-bond acceptors (Lipinski definition) is 4. The molecule has 0 aromatic carbocycles. The molecule has 2 atom stereocenters. The monoisotopic (exact) mass is 307 g/mol. The van der Waals surface area contributed by atoms with Gasteiger partial charge in [0.05, 0.1) is 6.54 Å². The van der Waals surface area contributed by atoms with Crippen LogP contribution in [-0.2, 0) is 27.2 Å². The third-order valence-corrected chi connectivity index (χ3v) is 4.89. The fraction of sp³-hybridized carbons (Fsp3) is 0.750. The van der Waals surface area contributed by atoms with Crippen LogP contribution in [0, 0.1) is 0 Å². The molecule has 22 heavy (non-hydrogen) atoms. The third-order valence-electron chi connectivity index (χ3n) is 4.89. The van der Waals surface area contributed by atoms with E-state index in [1.807, 2.05) is 11.1 Å². The van der Waals surface area contributed by atoms with Crippen molar-refractivity contribution >= 4 is 5.91 Å². The van der Waals surface area contributed by atoms with Crippen LogP contribution in [-0.4, -0.2) is 58.9 Å². The average Bonchev–Trinajstić information content (AvgIpc) is 3.25. The Morgan fingerprint density at radius 3 is 3.14 bits per heavy atom. The fourth-order valence-electron chi connectivity index (χ4n) is 3.67. The standard InChI is InChI=1S/C16H25N3O3/c1-3-14-17-7-9-18(14)8-5-15(20)19-11-13(21-2)16(12-19)6-4-10-22-16/h7,9,13H,3-6,8,10-12H2,1-2H3/t13-,16-/m0/s1. The number of carbonyl (C=O) groups is 1. The second-order valence-corrected chi connectivity index (χ2v) is 6.16. The van der Waals surface area contributed by atoms with E-state index >= 15 is 0 Å². The third kappa shape index (κ3) is 2.77. The molecule has 1 spiro atoms. The summed E-state index contributed by atoms with van der Waals surface area (Å²) >= 11 is 0. The molecule has 3 rings (SSSR count). The van der Waals surface area contributed by atoms with Gasteiger partial charge in [-0.1, -0.05) is 6.92 Å². The highest BCUT2D eigenvalue weighted by molar-refractivity contribution is 5.76. The van der Waals surface area contributed by atoms with Gasteiger partial charge in [-0.05, 0) is 12.8 Å². The number of likely N-dealkylation sites (tertiary alicyclic amines) is 1. The number of methoxy groups -OCH3 is 1. The van der Waals surface area contributed by atoms with E-state index in [1.165, 1.54) is 0 Å². The Morgan fingerprint density at radius 1 is 1.59 bits per heavy atom. The maximum absolute atomic E-state index is 12.5. The number of aryl methyl sites for hydroxylation is 2. The molecule has 2 aliphatic heterocycles. The van der Waals surface area contributed by atoms with Crippen LogP contribution >= 0.6 is 0 Å². The summed E-state index contributed by atoms with van der Waals surface area (Å²) < 4.78 is 13.6. The van der Waals surface area contributed by atoms with E-state index in [-0.39, 0.29) is 17.6 Å². The smallest absolute Gasteiger partial charge is 0.224 e. The first kappa shape index (κ1) is 15.5. The summed E-state index contributed by atoms with van der Waals surface area (Å²) in [5.41, 5.74) is -0.270. The van der Waals surface area contributed by atoms with E-state index in [0.29, 0.717) is 26.1 Å². The van der Waals surface area contributed by atoms with Crippen LogP contribution in [0.1, 0.15) is 32.0 Å². The van der Waals surface area contributed by atoms with E-state index < -0.39 is 0 Å². The van der Waals surface area contributed by atoms with Gasteiger partial charge in [0.1, 0.15) is 17.5 Å². The number of hydrogen-bond donors (Lipinski definition) is 0. The zero-order chi connectivity index (χ0) is 15.6. The van der Waals surface area contributed by atoms with Crippen LogP contribution in [0.25, 0.3) is 0 Å². The van der Waals surface area contributed by atoms with Gasteiger partial charge in [0, 0.05) is 52.0 Å². The van der Waals surface area contributed by atoms with Gasteiger partial charge >= 0.3 is 0 Å². The first-order valence-electron chi connectivity index (χ1n) is 8.13. The van der Waals surface area contributed by atoms with Crippen molar-refractivity contribution in [2.75, 3.05) is 26.8 Å². The highest BCUT2D eigenvalue weighted by atomic mass is 16.6. The minimum Gasteiger partial charge on any atom is -0.377 e. The first-order chi connectivity index (χ1) is 10.7. The molecule has 0 unspecified atom stereocenters. The van der Waals surface area contributed by atoms with E-state index in [0.717, 1.165) is 31.7 Å². The molecule has 2 fully saturated rings. The SMILES string of the molecule is CCc1nccn1CCC(=O)N1C[C@H](OC)[C@]2(CCCO2)C1. The van der Waals surface area contributed by atoms with Gasteiger partial charge in [-0.2, -0.15) is 0 Å². The molecule has 2 saturated heterocycles. The van der Waals surface area contributed by atoms with Gasteiger partial charge in [-0.3, -0.25) is 4.79 Å². The molecule has 6 nitrogen and oxygen atoms in total. The van der Waals surface area contributed by atoms with Crippen molar-refractivity contribution in [3.8, 4) is 0 Å². The average molecular weight is 307 g/mol. The molecular formula is C16H25N3O3. The molecule has 2 aliphatic rings. The quantitative estimate of drug-likeness (QED) is 0.821. The topological polar surface area (TPSA) is 56.6 Å². The Kier molecular flexibility index (Phi) is 4.49. The Hall–Kier alpha value is -1.40. The first-order valence-corrected chi connectivity index (χ1v) is 8.13. The summed E-state index contributed by atoms with van der Waals surface area (Å²) in [6, 6.07) is 0. The molecule has 3 heterocycles. The fourth-order valence-corrected chi connectivity index (χ4v) is 3.67. The van der Waals surface area contributed by atoms with Gasteiger partial charge < -0.3 is 18.9 Å². The zero-order valence-corrected chi connectivity index (χ0v) is 13.5. The van der Waals surface area contributed by atoms with Gasteiger partial charge in [0.2, 0.25) is 5.91 Å². The van der Waals surface area contributed by atoms with Crippen LogP contribution < -0.4 is 0 Å². The molecule has 0 aliphatic carbocycles. The Labute approximate surface area is 131 Å². The van der Waals surface area contributed by atoms with E-state index in [4.69, 9.17) is 9.47 Å². The highest BCUT2D eigenvalue weighted by Gasteiger charge is 2.51. The van der Waals surface area contributed by atoms with Crippen LogP contribution in [0.4, 0.5) is 0 Å². The van der Waals surface area contributed by atoms with Gasteiger partial charge in [-0.15, -0.1) is 0 Å². The summed E-state index contributed by atoms with van der Waals surface area (Å²) in [4.78, 5) is 18.7. The lowest BCUT2D eigenvalue weighted by Crippen LogP contribution is -2.42. The van der Waals surface area contributed by atoms with Gasteiger partial charge in [0.25, 0.3) is 0 Å². The summed E-state index contributed by atoms with van der Waals surface area (Å²) in [5.74, 6) is 1.20. The molecular weight excluding hydrogens is 282 g/mol. The van der Waals surface area contributed by atoms with Crippen LogP contribution in [0.15, 0.2) is 12.4 Å². The Balaban J connectivity index is 1.59. The van der Waals surface area contributed by atoms with Crippen molar-refractivity contribution in [2.45, 2.75) is 50.9 Å². The lowest BCUT2D eigenvalue weighted by Gasteiger charge is -2.27. The molecule has 6 heteroatoms. The van der Waals surface area contributed by atoms with E-state index in [9.17, 15) is 4.79 Å². The lowest BCUT2D eigenvalue weighted by atomic mass is 9.96. The van der Waals surface area contributed by atoms with Crippen molar-refractivity contribution in [1.29, 1.82) is 0 Å². The minimum absolute atomic E-state index is 0.00148. The molecule has 0 saturated carbocycles. The number of aromatic nitrogens is 2. The number of carbonyl (C=O) groups excluding carboxylic acids is 1. The summed E-state index contributed by atoms with van der Waals surface area (Å²) in [5, 5.41) is 0. The van der Waals surface area contributed by atoms with Gasteiger partial charge in [0.15, 0.2) is 0 Å². The largest absolute Gasteiger partial charge is 0.377 e. The molecule has 0 N–H and O–H groups in total. The molecule has 1 aromatic heterocycles. The predicted octanol–water partition coefficient (Wildman–Crippen LogP) is 1.24. The van der Waals surface area contributed by atoms with Crippen LogP contribution in [0.3, 0.4) is 0 Å². The second-order valence-electron chi connectivity index (χ2n) is 6.16. The number of imidazole rings is 1. The normalized spacial score (nSPS) is 27.9. The number of amides is 1. The van der Waals surface area contributed by atoms with Crippen LogP contribution in [0.2, 0.25) is 0 Å². The molecule has 0 radical (unpaired) electrons. The number of nitrogens with zero attached hydrogens (tertiary/aromatic N) is 3. The molecule has 1 aromatic rings. The Bertz CT molecular complexity index is 522. The minimum atomic E-state index is -0.270. The van der Waals surface area contributed by atoms with Crippen molar-refractivity contribution in [3.05, 3.63) is 18.2 Å². The molecule has 1 amide bonds. The van der Waals surface area contributed by atoms with Crippen molar-refractivity contribution in [1.82, 2.24) is 14.5 Å². The van der Waals surface area contributed by atoms with E-state index in [1.54, 1.807) is 13.3 Å². The van der Waals surface area contributed by atoms with Crippen molar-refractivity contribution in [2.24, 2.45) is 0 Å². The highest BCUT2D eigenvalue weighted by Crippen LogP contribution is 2.36. The molecule has 122 valence electrons. The summed E-state index contributed by atoms with van der Waals surface area (Å²) in [6.07, 6.45) is 7.15. The second kappa shape index (κ2) is 6.38. The summed E-state index contributed by atoms with van der Waals surface area (Å²) in [7, 11) is 1.71. The van der Waals surface area contributed by atoms with Crippen LogP contribution in [0.5, 0.6) is 0 Å². The lowest BCUT2D eigenvalue weighted by molar-refractivity contribution is -0.131. The van der Waals surface area contributed by atoms with E-state index in [2.05, 4.69) is 16.5 Å². The summed E-state index contributed by atoms with van der Waals surface area (Å²) in [6.45, 7) is 4.83. The van der Waals surface area contributed by atoms with Crippen molar-refractivity contribution in [3.63, 3.8) is 0 Å². The maximum Gasteiger partial charge on any atom is 0.224 e. The Morgan fingerprint density at radius 2 is 2.45 bits per heavy atom. The van der Waals surface area contributed by atoms with Gasteiger partial charge in [-0.25, -0.2) is 4.98 Å². The van der Waals surface area contributed by atoms with Crippen molar-refractivity contribution < 1.29 is 14.3 Å². The maximum atomic E-state index is 12.5. The predicted molar refractivity (Wildman–Crippen MR) is 81.5 cm³/mol. The number of ether oxygens (including phenoxy) is 2. The molecule has 0 bridgehead atoms. The number of rotatable bonds is 5.